The third-order valence-electron chi connectivity index (χ3n) is 1.96. The summed E-state index contributed by atoms with van der Waals surface area (Å²) in [4.78, 5) is 21.3. The van der Waals surface area contributed by atoms with E-state index < -0.39 is 10.3 Å². The van der Waals surface area contributed by atoms with E-state index in [0.717, 1.165) is 0 Å². The Bertz CT molecular complexity index is 390. The van der Waals surface area contributed by atoms with Crippen LogP contribution in [0.15, 0.2) is 12.3 Å². The standard InChI is InChI=1S/C9H13N3O3/c1-9(2,3)7(13)6-11-5-4-8(10-11)12(14)15/h4-5H,6H2,1-3H3. The second-order valence-electron chi connectivity index (χ2n) is 4.30. The minimum absolute atomic E-state index is 0.0134. The third kappa shape index (κ3) is 2.87. The fraction of sp³-hybridized carbons (Fsp3) is 0.556. The summed E-state index contributed by atoms with van der Waals surface area (Å²) in [5.41, 5.74) is -0.458. The molecule has 0 fully saturated rings. The molecule has 0 aliphatic heterocycles. The van der Waals surface area contributed by atoms with Gasteiger partial charge in [-0.15, -0.1) is 0 Å². The Hall–Kier alpha value is -1.72. The van der Waals surface area contributed by atoms with E-state index >= 15 is 0 Å². The fourth-order valence-corrected chi connectivity index (χ4v) is 0.921. The van der Waals surface area contributed by atoms with E-state index in [9.17, 15) is 14.9 Å². The van der Waals surface area contributed by atoms with Crippen molar-refractivity contribution in [2.45, 2.75) is 27.3 Å². The van der Waals surface area contributed by atoms with Crippen molar-refractivity contribution in [2.24, 2.45) is 5.41 Å². The number of nitro groups is 1. The molecule has 0 aromatic carbocycles. The average molecular weight is 211 g/mol. The van der Waals surface area contributed by atoms with Gasteiger partial charge >= 0.3 is 5.82 Å². The molecule has 0 spiro atoms. The second-order valence-corrected chi connectivity index (χ2v) is 4.30. The fourth-order valence-electron chi connectivity index (χ4n) is 0.921. The van der Waals surface area contributed by atoms with E-state index in [2.05, 4.69) is 5.10 Å². The van der Waals surface area contributed by atoms with Gasteiger partial charge in [-0.25, -0.2) is 0 Å². The lowest BCUT2D eigenvalue weighted by molar-refractivity contribution is -0.389. The minimum Gasteiger partial charge on any atom is -0.358 e. The van der Waals surface area contributed by atoms with Crippen LogP contribution in [0.25, 0.3) is 0 Å². The molecule has 0 atom stereocenters. The van der Waals surface area contributed by atoms with Gasteiger partial charge < -0.3 is 10.1 Å². The van der Waals surface area contributed by atoms with Crippen molar-refractivity contribution in [2.75, 3.05) is 0 Å². The van der Waals surface area contributed by atoms with E-state index in [1.54, 1.807) is 20.8 Å². The van der Waals surface area contributed by atoms with Gasteiger partial charge in [0.25, 0.3) is 0 Å². The number of carbonyl (C=O) groups excluding carboxylic acids is 1. The van der Waals surface area contributed by atoms with Crippen molar-refractivity contribution in [3.05, 3.63) is 22.4 Å². The van der Waals surface area contributed by atoms with Crippen LogP contribution in [0, 0.1) is 15.5 Å². The lowest BCUT2D eigenvalue weighted by Crippen LogP contribution is -2.25. The molecule has 0 amide bonds. The molecule has 1 heterocycles. The summed E-state index contributed by atoms with van der Waals surface area (Å²) in [5.74, 6) is -0.253. The summed E-state index contributed by atoms with van der Waals surface area (Å²) in [5, 5.41) is 14.0. The summed E-state index contributed by atoms with van der Waals surface area (Å²) in [6.07, 6.45) is 1.43. The van der Waals surface area contributed by atoms with Gasteiger partial charge in [-0.1, -0.05) is 20.8 Å². The first-order valence-electron chi connectivity index (χ1n) is 4.52. The Morgan fingerprint density at radius 1 is 1.60 bits per heavy atom. The molecule has 0 N–H and O–H groups in total. The highest BCUT2D eigenvalue weighted by molar-refractivity contribution is 5.83. The predicted molar refractivity (Wildman–Crippen MR) is 53.3 cm³/mol. The molecule has 15 heavy (non-hydrogen) atoms. The lowest BCUT2D eigenvalue weighted by Gasteiger charge is -2.14. The molecule has 6 nitrogen and oxygen atoms in total. The molecule has 0 radical (unpaired) electrons. The highest BCUT2D eigenvalue weighted by Gasteiger charge is 2.23. The number of aromatic nitrogens is 2. The zero-order valence-electron chi connectivity index (χ0n) is 8.93. The van der Waals surface area contributed by atoms with Crippen molar-refractivity contribution in [1.82, 2.24) is 9.78 Å². The SMILES string of the molecule is CC(C)(C)C(=O)Cn1ccc([N+](=O)[O-])n1. The normalized spacial score (nSPS) is 11.4. The summed E-state index contributed by atoms with van der Waals surface area (Å²) in [7, 11) is 0. The van der Waals surface area contributed by atoms with Crippen LogP contribution in [0.3, 0.4) is 0 Å². The molecule has 0 saturated carbocycles. The number of carbonyl (C=O) groups is 1. The van der Waals surface area contributed by atoms with Gasteiger partial charge in [0.05, 0.1) is 17.4 Å². The first kappa shape index (κ1) is 11.4. The molecule has 0 saturated heterocycles. The van der Waals surface area contributed by atoms with E-state index in [1.165, 1.54) is 16.9 Å². The van der Waals surface area contributed by atoms with Crippen LogP contribution in [-0.4, -0.2) is 20.5 Å². The van der Waals surface area contributed by atoms with Crippen LogP contribution in [0.1, 0.15) is 20.8 Å². The maximum atomic E-state index is 11.6. The highest BCUT2D eigenvalue weighted by atomic mass is 16.6. The smallest absolute Gasteiger partial charge is 0.358 e. The average Bonchev–Trinajstić information content (AvgIpc) is 2.50. The molecule has 0 aliphatic carbocycles. The first-order chi connectivity index (χ1) is 6.80. The molecule has 6 heteroatoms. The van der Waals surface area contributed by atoms with Crippen molar-refractivity contribution in [1.29, 1.82) is 0 Å². The van der Waals surface area contributed by atoms with Crippen LogP contribution in [0.4, 0.5) is 5.82 Å². The molecular weight excluding hydrogens is 198 g/mol. The van der Waals surface area contributed by atoms with Gasteiger partial charge in [0, 0.05) is 5.41 Å². The van der Waals surface area contributed by atoms with Crippen LogP contribution < -0.4 is 0 Å². The molecule has 0 aliphatic rings. The number of Topliss-reactive ketones (excluding diaryl/α,β-unsaturated/α-hetero) is 1. The number of rotatable bonds is 3. The maximum absolute atomic E-state index is 11.6. The molecule has 1 aromatic rings. The van der Waals surface area contributed by atoms with E-state index in [-0.39, 0.29) is 18.1 Å². The molecule has 1 aromatic heterocycles. The number of hydrogen-bond acceptors (Lipinski definition) is 4. The van der Waals surface area contributed by atoms with Crippen molar-refractivity contribution in [3.63, 3.8) is 0 Å². The Kier molecular flexibility index (Phi) is 2.88. The summed E-state index contributed by atoms with van der Waals surface area (Å²) >= 11 is 0. The topological polar surface area (TPSA) is 78.0 Å². The van der Waals surface area contributed by atoms with Gasteiger partial charge in [-0.3, -0.25) is 4.79 Å². The van der Waals surface area contributed by atoms with Gasteiger partial charge in [0.15, 0.2) is 5.78 Å². The van der Waals surface area contributed by atoms with Crippen LogP contribution in [0.2, 0.25) is 0 Å². The number of hydrogen-bond donors (Lipinski definition) is 0. The second kappa shape index (κ2) is 3.80. The van der Waals surface area contributed by atoms with Crippen LogP contribution in [-0.2, 0) is 11.3 Å². The van der Waals surface area contributed by atoms with Gasteiger partial charge in [0.2, 0.25) is 0 Å². The Labute approximate surface area is 87.0 Å². The largest absolute Gasteiger partial charge is 0.389 e. The van der Waals surface area contributed by atoms with Gasteiger partial charge in [0.1, 0.15) is 6.54 Å². The third-order valence-corrected chi connectivity index (χ3v) is 1.96. The van der Waals surface area contributed by atoms with Crippen molar-refractivity contribution < 1.29 is 9.72 Å². The zero-order valence-corrected chi connectivity index (χ0v) is 8.93. The van der Waals surface area contributed by atoms with Crippen LogP contribution in [0.5, 0.6) is 0 Å². The van der Waals surface area contributed by atoms with E-state index in [0.29, 0.717) is 0 Å². The van der Waals surface area contributed by atoms with E-state index in [1.807, 2.05) is 0 Å². The Morgan fingerprint density at radius 2 is 2.20 bits per heavy atom. The Balaban J connectivity index is 2.74. The first-order valence-corrected chi connectivity index (χ1v) is 4.52. The molecule has 1 rings (SSSR count). The number of nitrogens with zero attached hydrogens (tertiary/aromatic N) is 3. The monoisotopic (exact) mass is 211 g/mol. The lowest BCUT2D eigenvalue weighted by atomic mass is 9.91. The molecular formula is C9H13N3O3. The zero-order chi connectivity index (χ0) is 11.6. The summed E-state index contributed by atoms with van der Waals surface area (Å²) in [6, 6.07) is 1.27. The molecule has 0 unspecified atom stereocenters. The summed E-state index contributed by atoms with van der Waals surface area (Å²) < 4.78 is 1.28. The highest BCUT2D eigenvalue weighted by Crippen LogP contribution is 2.16. The molecule has 82 valence electrons. The quantitative estimate of drug-likeness (QED) is 0.559. The maximum Gasteiger partial charge on any atom is 0.389 e. The van der Waals surface area contributed by atoms with Gasteiger partial charge in [-0.2, -0.15) is 4.68 Å². The van der Waals surface area contributed by atoms with Crippen molar-refractivity contribution in [3.8, 4) is 0 Å². The van der Waals surface area contributed by atoms with Crippen LogP contribution >= 0.6 is 0 Å². The molecule has 0 bridgehead atoms. The van der Waals surface area contributed by atoms with Crippen molar-refractivity contribution >= 4 is 11.6 Å². The number of ketones is 1. The Morgan fingerprint density at radius 3 is 2.60 bits per heavy atom. The predicted octanol–water partition coefficient (Wildman–Crippen LogP) is 1.41. The van der Waals surface area contributed by atoms with Gasteiger partial charge in [-0.05, 0) is 4.92 Å². The summed E-state index contributed by atoms with van der Waals surface area (Å²) in [6.45, 7) is 5.46. The van der Waals surface area contributed by atoms with E-state index in [4.69, 9.17) is 0 Å². The minimum atomic E-state index is -0.585.